The maximum Gasteiger partial charge on any atom is 0.269 e. The van der Waals surface area contributed by atoms with Crippen LogP contribution in [0.25, 0.3) is 10.2 Å². The number of nitrogens with zero attached hydrogens (tertiary/aromatic N) is 1. The maximum atomic E-state index is 11.7. The molecular formula is C13H9ClN2OS. The first-order valence-electron chi connectivity index (χ1n) is 5.44. The lowest BCUT2D eigenvalue weighted by Gasteiger charge is -1.99. The Morgan fingerprint density at radius 1 is 1.28 bits per heavy atom. The van der Waals surface area contributed by atoms with Gasteiger partial charge < -0.3 is 0 Å². The minimum atomic E-state index is -0.172. The van der Waals surface area contributed by atoms with E-state index in [1.807, 2.05) is 23.6 Å². The number of aromatic nitrogens is 2. The number of aromatic amines is 1. The van der Waals surface area contributed by atoms with E-state index >= 15 is 0 Å². The molecule has 2 heterocycles. The molecular weight excluding hydrogens is 268 g/mol. The molecule has 90 valence electrons. The highest BCUT2D eigenvalue weighted by Gasteiger charge is 2.10. The zero-order valence-corrected chi connectivity index (χ0v) is 10.9. The van der Waals surface area contributed by atoms with Gasteiger partial charge in [0.05, 0.1) is 5.52 Å². The van der Waals surface area contributed by atoms with Crippen molar-refractivity contribution in [2.75, 3.05) is 0 Å². The van der Waals surface area contributed by atoms with Crippen LogP contribution in [0.15, 0.2) is 40.5 Å². The second-order valence-corrected chi connectivity index (χ2v) is 5.20. The smallest absolute Gasteiger partial charge is 0.269 e. The Labute approximate surface area is 112 Å². The standard InChI is InChI=1S/C13H9ClN2OS/c14-13-15-10-9(6-8-4-2-1-3-5-8)7-18-11(10)12(17)16-13/h1-5,7H,6H2,(H,15,16,17). The van der Waals surface area contributed by atoms with Crippen LogP contribution >= 0.6 is 22.9 Å². The molecule has 0 saturated carbocycles. The van der Waals surface area contributed by atoms with E-state index in [9.17, 15) is 4.79 Å². The van der Waals surface area contributed by atoms with E-state index < -0.39 is 0 Å². The zero-order valence-electron chi connectivity index (χ0n) is 9.31. The summed E-state index contributed by atoms with van der Waals surface area (Å²) in [5.41, 5.74) is 2.76. The summed E-state index contributed by atoms with van der Waals surface area (Å²) in [6, 6.07) is 10.1. The number of halogens is 1. The Hall–Kier alpha value is -1.65. The van der Waals surface area contributed by atoms with Gasteiger partial charge in [-0.3, -0.25) is 9.78 Å². The lowest BCUT2D eigenvalue weighted by Crippen LogP contribution is -2.06. The number of benzene rings is 1. The van der Waals surface area contributed by atoms with Gasteiger partial charge >= 0.3 is 0 Å². The fourth-order valence-electron chi connectivity index (χ4n) is 1.89. The van der Waals surface area contributed by atoms with Crippen molar-refractivity contribution in [2.24, 2.45) is 0 Å². The number of nitrogens with one attached hydrogen (secondary N) is 1. The minimum Gasteiger partial charge on any atom is -0.296 e. The summed E-state index contributed by atoms with van der Waals surface area (Å²) < 4.78 is 0.630. The first-order valence-corrected chi connectivity index (χ1v) is 6.69. The Morgan fingerprint density at radius 3 is 2.83 bits per heavy atom. The van der Waals surface area contributed by atoms with E-state index in [2.05, 4.69) is 22.1 Å². The van der Waals surface area contributed by atoms with Crippen LogP contribution in [-0.2, 0) is 6.42 Å². The molecule has 3 nitrogen and oxygen atoms in total. The predicted molar refractivity (Wildman–Crippen MR) is 74.5 cm³/mol. The second kappa shape index (κ2) is 4.55. The Balaban J connectivity index is 2.11. The molecule has 0 aliphatic rings. The largest absolute Gasteiger partial charge is 0.296 e. The Kier molecular flexibility index (Phi) is 2.89. The molecule has 0 bridgehead atoms. The summed E-state index contributed by atoms with van der Waals surface area (Å²) in [6.45, 7) is 0. The normalized spacial score (nSPS) is 10.9. The highest BCUT2D eigenvalue weighted by molar-refractivity contribution is 7.17. The predicted octanol–water partition coefficient (Wildman–Crippen LogP) is 3.23. The van der Waals surface area contributed by atoms with Gasteiger partial charge in [0.25, 0.3) is 5.56 Å². The van der Waals surface area contributed by atoms with Crippen LogP contribution in [0, 0.1) is 0 Å². The molecule has 1 N–H and O–H groups in total. The van der Waals surface area contributed by atoms with Crippen LogP contribution in [0.2, 0.25) is 5.28 Å². The number of thiophene rings is 1. The fraction of sp³-hybridized carbons (Fsp3) is 0.0769. The monoisotopic (exact) mass is 276 g/mol. The second-order valence-electron chi connectivity index (χ2n) is 3.96. The molecule has 0 saturated heterocycles. The van der Waals surface area contributed by atoms with Gasteiger partial charge in [0.15, 0.2) is 0 Å². The summed E-state index contributed by atoms with van der Waals surface area (Å²) >= 11 is 7.20. The van der Waals surface area contributed by atoms with Crippen LogP contribution in [0.5, 0.6) is 0 Å². The van der Waals surface area contributed by atoms with Gasteiger partial charge in [-0.25, -0.2) is 4.98 Å². The average molecular weight is 277 g/mol. The quantitative estimate of drug-likeness (QED) is 0.731. The SMILES string of the molecule is O=c1[nH]c(Cl)nc2c(Cc3ccccc3)csc12. The van der Waals surface area contributed by atoms with E-state index in [1.165, 1.54) is 16.9 Å². The van der Waals surface area contributed by atoms with Crippen molar-refractivity contribution >= 4 is 33.2 Å². The van der Waals surface area contributed by atoms with Gasteiger partial charge in [0.1, 0.15) is 4.70 Å². The van der Waals surface area contributed by atoms with E-state index in [0.29, 0.717) is 10.2 Å². The van der Waals surface area contributed by atoms with Crippen LogP contribution < -0.4 is 5.56 Å². The average Bonchev–Trinajstić information content (AvgIpc) is 2.74. The lowest BCUT2D eigenvalue weighted by atomic mass is 10.1. The summed E-state index contributed by atoms with van der Waals surface area (Å²) in [6.07, 6.45) is 0.758. The highest BCUT2D eigenvalue weighted by Crippen LogP contribution is 2.24. The molecule has 0 atom stereocenters. The molecule has 0 unspecified atom stereocenters. The van der Waals surface area contributed by atoms with E-state index in [0.717, 1.165) is 12.0 Å². The lowest BCUT2D eigenvalue weighted by molar-refractivity contribution is 1.15. The van der Waals surface area contributed by atoms with Crippen molar-refractivity contribution in [1.29, 1.82) is 0 Å². The van der Waals surface area contributed by atoms with Crippen molar-refractivity contribution in [2.45, 2.75) is 6.42 Å². The third kappa shape index (κ3) is 2.05. The number of rotatable bonds is 2. The van der Waals surface area contributed by atoms with E-state index in [4.69, 9.17) is 11.6 Å². The highest BCUT2D eigenvalue weighted by atomic mass is 35.5. The summed E-state index contributed by atoms with van der Waals surface area (Å²) in [7, 11) is 0. The molecule has 0 amide bonds. The van der Waals surface area contributed by atoms with Gasteiger partial charge in [-0.05, 0) is 28.1 Å². The zero-order chi connectivity index (χ0) is 12.5. The molecule has 0 radical (unpaired) electrons. The summed E-state index contributed by atoms with van der Waals surface area (Å²) in [4.78, 5) is 18.4. The summed E-state index contributed by atoms with van der Waals surface area (Å²) in [5.74, 6) is 0. The van der Waals surface area contributed by atoms with Crippen LogP contribution in [-0.4, -0.2) is 9.97 Å². The Bertz CT molecular complexity index is 749. The van der Waals surface area contributed by atoms with Gasteiger partial charge in [-0.2, -0.15) is 0 Å². The fourth-order valence-corrected chi connectivity index (χ4v) is 2.96. The molecule has 5 heteroatoms. The molecule has 3 rings (SSSR count). The first kappa shape index (κ1) is 11.4. The van der Waals surface area contributed by atoms with E-state index in [1.54, 1.807) is 0 Å². The molecule has 2 aromatic heterocycles. The summed E-state index contributed by atoms with van der Waals surface area (Å²) in [5, 5.41) is 2.11. The molecule has 0 aliphatic heterocycles. The minimum absolute atomic E-state index is 0.139. The number of hydrogen-bond acceptors (Lipinski definition) is 3. The molecule has 3 aromatic rings. The van der Waals surface area contributed by atoms with Crippen LogP contribution in [0.3, 0.4) is 0 Å². The molecule has 18 heavy (non-hydrogen) atoms. The van der Waals surface area contributed by atoms with Gasteiger partial charge in [0, 0.05) is 6.42 Å². The molecule has 1 aromatic carbocycles. The van der Waals surface area contributed by atoms with Crippen molar-refractivity contribution in [3.05, 3.63) is 62.5 Å². The number of hydrogen-bond donors (Lipinski definition) is 1. The van der Waals surface area contributed by atoms with Gasteiger partial charge in [0.2, 0.25) is 5.28 Å². The van der Waals surface area contributed by atoms with Crippen LogP contribution in [0.4, 0.5) is 0 Å². The maximum absolute atomic E-state index is 11.7. The van der Waals surface area contributed by atoms with Gasteiger partial charge in [-0.15, -0.1) is 11.3 Å². The number of fused-ring (bicyclic) bond motifs is 1. The Morgan fingerprint density at radius 2 is 2.06 bits per heavy atom. The van der Waals surface area contributed by atoms with Crippen molar-refractivity contribution < 1.29 is 0 Å². The van der Waals surface area contributed by atoms with Crippen molar-refractivity contribution in [3.63, 3.8) is 0 Å². The van der Waals surface area contributed by atoms with Crippen molar-refractivity contribution in [1.82, 2.24) is 9.97 Å². The van der Waals surface area contributed by atoms with Crippen LogP contribution in [0.1, 0.15) is 11.1 Å². The molecule has 0 spiro atoms. The first-order chi connectivity index (χ1) is 8.74. The third-order valence-electron chi connectivity index (χ3n) is 2.71. The number of H-pyrrole nitrogens is 1. The van der Waals surface area contributed by atoms with Crippen molar-refractivity contribution in [3.8, 4) is 0 Å². The molecule has 0 aliphatic carbocycles. The topological polar surface area (TPSA) is 45.8 Å². The third-order valence-corrected chi connectivity index (χ3v) is 3.90. The van der Waals surface area contributed by atoms with Gasteiger partial charge in [-0.1, -0.05) is 30.3 Å². The van der Waals surface area contributed by atoms with E-state index in [-0.39, 0.29) is 10.8 Å². The molecule has 0 fully saturated rings.